The minimum atomic E-state index is -0.505. The van der Waals surface area contributed by atoms with Crippen LogP contribution in [0.25, 0.3) is 0 Å². The van der Waals surface area contributed by atoms with Crippen molar-refractivity contribution in [3.05, 3.63) is 71.0 Å². The Kier molecular flexibility index (Phi) is 5.66. The molecule has 1 aliphatic rings. The molecule has 1 heterocycles. The number of amides is 2. The van der Waals surface area contributed by atoms with E-state index < -0.39 is 5.82 Å². The summed E-state index contributed by atoms with van der Waals surface area (Å²) in [5.74, 6) is -0.714. The lowest BCUT2D eigenvalue weighted by Gasteiger charge is -2.35. The van der Waals surface area contributed by atoms with Crippen LogP contribution in [-0.4, -0.2) is 47.8 Å². The van der Waals surface area contributed by atoms with Crippen molar-refractivity contribution in [1.82, 2.24) is 9.80 Å². The van der Waals surface area contributed by atoms with Crippen molar-refractivity contribution in [2.45, 2.75) is 19.8 Å². The van der Waals surface area contributed by atoms with Crippen LogP contribution >= 0.6 is 0 Å². The fourth-order valence-corrected chi connectivity index (χ4v) is 3.24. The molecule has 0 N–H and O–H groups in total. The van der Waals surface area contributed by atoms with Crippen molar-refractivity contribution < 1.29 is 14.0 Å². The van der Waals surface area contributed by atoms with Gasteiger partial charge in [-0.05, 0) is 31.0 Å². The first-order valence-electron chi connectivity index (χ1n) is 8.92. The summed E-state index contributed by atoms with van der Waals surface area (Å²) in [6.45, 7) is 3.89. The van der Waals surface area contributed by atoms with Crippen LogP contribution in [0.1, 0.15) is 27.9 Å². The van der Waals surface area contributed by atoms with Gasteiger partial charge in [0.2, 0.25) is 5.91 Å². The minimum absolute atomic E-state index is 0.0896. The molecular weight excluding hydrogens is 331 g/mol. The van der Waals surface area contributed by atoms with Crippen molar-refractivity contribution in [1.29, 1.82) is 0 Å². The normalized spacial score (nSPS) is 14.4. The Balaban J connectivity index is 1.51. The van der Waals surface area contributed by atoms with Crippen LogP contribution in [0.3, 0.4) is 0 Å². The number of carbonyl (C=O) groups is 2. The van der Waals surface area contributed by atoms with Crippen molar-refractivity contribution in [2.75, 3.05) is 26.2 Å². The third kappa shape index (κ3) is 4.28. The first-order chi connectivity index (χ1) is 12.5. The molecule has 0 unspecified atom stereocenters. The topological polar surface area (TPSA) is 40.6 Å². The van der Waals surface area contributed by atoms with Gasteiger partial charge in [0.05, 0.1) is 5.56 Å². The van der Waals surface area contributed by atoms with Crippen molar-refractivity contribution >= 4 is 11.8 Å². The second-order valence-corrected chi connectivity index (χ2v) is 6.64. The maximum Gasteiger partial charge on any atom is 0.256 e. The van der Waals surface area contributed by atoms with Gasteiger partial charge in [-0.2, -0.15) is 0 Å². The van der Waals surface area contributed by atoms with Gasteiger partial charge in [0, 0.05) is 32.6 Å². The lowest BCUT2D eigenvalue weighted by Crippen LogP contribution is -2.50. The highest BCUT2D eigenvalue weighted by molar-refractivity contribution is 5.94. The summed E-state index contributed by atoms with van der Waals surface area (Å²) in [6, 6.07) is 14.2. The average Bonchev–Trinajstić information content (AvgIpc) is 2.66. The van der Waals surface area contributed by atoms with Gasteiger partial charge in [0.15, 0.2) is 0 Å². The van der Waals surface area contributed by atoms with E-state index in [1.54, 1.807) is 21.9 Å². The quantitative estimate of drug-likeness (QED) is 0.847. The van der Waals surface area contributed by atoms with E-state index in [-0.39, 0.29) is 17.4 Å². The molecule has 1 saturated heterocycles. The molecule has 5 heteroatoms. The van der Waals surface area contributed by atoms with Crippen LogP contribution in [0.15, 0.2) is 48.5 Å². The summed E-state index contributed by atoms with van der Waals surface area (Å²) in [7, 11) is 0. The number of piperazine rings is 1. The Morgan fingerprint density at radius 3 is 2.35 bits per heavy atom. The summed E-state index contributed by atoms with van der Waals surface area (Å²) in [5.41, 5.74) is 2.44. The van der Waals surface area contributed by atoms with Gasteiger partial charge in [-0.25, -0.2) is 4.39 Å². The van der Waals surface area contributed by atoms with Gasteiger partial charge >= 0.3 is 0 Å². The van der Waals surface area contributed by atoms with Gasteiger partial charge < -0.3 is 9.80 Å². The average molecular weight is 354 g/mol. The third-order valence-electron chi connectivity index (χ3n) is 4.73. The number of carbonyl (C=O) groups excluding carboxylic acids is 2. The van der Waals surface area contributed by atoms with Gasteiger partial charge in [0.1, 0.15) is 5.82 Å². The van der Waals surface area contributed by atoms with Crippen LogP contribution in [0, 0.1) is 12.7 Å². The molecular formula is C21H23FN2O2. The van der Waals surface area contributed by atoms with Gasteiger partial charge in [0.25, 0.3) is 5.91 Å². The molecule has 136 valence electrons. The Morgan fingerprint density at radius 1 is 0.962 bits per heavy atom. The molecule has 0 aromatic heterocycles. The molecule has 0 atom stereocenters. The number of aryl methyl sites for hydroxylation is 2. The van der Waals surface area contributed by atoms with Gasteiger partial charge in [-0.15, -0.1) is 0 Å². The Morgan fingerprint density at radius 2 is 1.65 bits per heavy atom. The van der Waals surface area contributed by atoms with Crippen LogP contribution < -0.4 is 0 Å². The van der Waals surface area contributed by atoms with Crippen LogP contribution in [0.2, 0.25) is 0 Å². The highest BCUT2D eigenvalue weighted by Gasteiger charge is 2.25. The second-order valence-electron chi connectivity index (χ2n) is 6.64. The smallest absolute Gasteiger partial charge is 0.256 e. The highest BCUT2D eigenvalue weighted by Crippen LogP contribution is 2.14. The molecule has 1 aliphatic heterocycles. The number of rotatable bonds is 4. The second kappa shape index (κ2) is 8.13. The summed E-state index contributed by atoms with van der Waals surface area (Å²) >= 11 is 0. The lowest BCUT2D eigenvalue weighted by atomic mass is 10.1. The van der Waals surface area contributed by atoms with E-state index in [9.17, 15) is 14.0 Å². The molecule has 4 nitrogen and oxygen atoms in total. The Labute approximate surface area is 153 Å². The van der Waals surface area contributed by atoms with E-state index in [1.165, 1.54) is 17.7 Å². The van der Waals surface area contributed by atoms with E-state index in [2.05, 4.69) is 6.07 Å². The molecule has 2 amide bonds. The molecule has 3 rings (SSSR count). The molecule has 1 fully saturated rings. The first kappa shape index (κ1) is 18.1. The molecule has 2 aromatic carbocycles. The monoisotopic (exact) mass is 354 g/mol. The predicted molar refractivity (Wildman–Crippen MR) is 98.4 cm³/mol. The van der Waals surface area contributed by atoms with Crippen LogP contribution in [-0.2, 0) is 11.2 Å². The fraction of sp³-hybridized carbons (Fsp3) is 0.333. The first-order valence-corrected chi connectivity index (χ1v) is 8.92. The number of nitrogens with zero attached hydrogens (tertiary/aromatic N) is 2. The van der Waals surface area contributed by atoms with Crippen LogP contribution in [0.4, 0.5) is 4.39 Å². The molecule has 2 aromatic rings. The Bertz CT molecular complexity index is 798. The molecule has 0 saturated carbocycles. The van der Waals surface area contributed by atoms with Crippen molar-refractivity contribution in [3.63, 3.8) is 0 Å². The molecule has 0 spiro atoms. The summed E-state index contributed by atoms with van der Waals surface area (Å²) in [4.78, 5) is 28.2. The molecule has 0 aliphatic carbocycles. The van der Waals surface area contributed by atoms with E-state index in [4.69, 9.17) is 0 Å². The molecule has 0 radical (unpaired) electrons. The predicted octanol–water partition coefficient (Wildman–Crippen LogP) is 3.05. The van der Waals surface area contributed by atoms with E-state index >= 15 is 0 Å². The largest absolute Gasteiger partial charge is 0.339 e. The summed E-state index contributed by atoms with van der Waals surface area (Å²) < 4.78 is 13.8. The standard InChI is InChI=1S/C21H23FN2O2/c1-16-5-4-6-17(15-16)9-10-20(25)23-11-13-24(14-12-23)21(26)18-7-2-3-8-19(18)22/h2-8,15H,9-14H2,1H3. The fourth-order valence-electron chi connectivity index (χ4n) is 3.24. The Hall–Kier alpha value is -2.69. The molecule has 26 heavy (non-hydrogen) atoms. The van der Waals surface area contributed by atoms with Crippen LogP contribution in [0.5, 0.6) is 0 Å². The van der Waals surface area contributed by atoms with Crippen molar-refractivity contribution in [3.8, 4) is 0 Å². The number of hydrogen-bond donors (Lipinski definition) is 0. The highest BCUT2D eigenvalue weighted by atomic mass is 19.1. The zero-order valence-electron chi connectivity index (χ0n) is 15.0. The number of halogens is 1. The zero-order valence-corrected chi connectivity index (χ0v) is 15.0. The minimum Gasteiger partial charge on any atom is -0.339 e. The van der Waals surface area contributed by atoms with E-state index in [1.807, 2.05) is 25.1 Å². The van der Waals surface area contributed by atoms with E-state index in [0.29, 0.717) is 32.6 Å². The SMILES string of the molecule is Cc1cccc(CCC(=O)N2CCN(C(=O)c3ccccc3F)CC2)c1. The van der Waals surface area contributed by atoms with Gasteiger partial charge in [-0.3, -0.25) is 9.59 Å². The summed E-state index contributed by atoms with van der Waals surface area (Å²) in [6.07, 6.45) is 1.18. The third-order valence-corrected chi connectivity index (χ3v) is 4.73. The lowest BCUT2D eigenvalue weighted by molar-refractivity contribution is -0.132. The number of benzene rings is 2. The number of hydrogen-bond acceptors (Lipinski definition) is 2. The maximum atomic E-state index is 13.8. The zero-order chi connectivity index (χ0) is 18.5. The van der Waals surface area contributed by atoms with Crippen molar-refractivity contribution in [2.24, 2.45) is 0 Å². The molecule has 0 bridgehead atoms. The maximum absolute atomic E-state index is 13.8. The van der Waals surface area contributed by atoms with Gasteiger partial charge in [-0.1, -0.05) is 42.0 Å². The van der Waals surface area contributed by atoms with E-state index in [0.717, 1.165) is 12.0 Å². The summed E-state index contributed by atoms with van der Waals surface area (Å²) in [5, 5.41) is 0.